The first kappa shape index (κ1) is 11.1. The third-order valence-electron chi connectivity index (χ3n) is 3.19. The molecule has 0 atom stereocenters. The van der Waals surface area contributed by atoms with Crippen LogP contribution in [0.4, 0.5) is 0 Å². The summed E-state index contributed by atoms with van der Waals surface area (Å²) in [5, 5.41) is 6.59. The molecule has 1 aromatic carbocycles. The first-order valence-electron chi connectivity index (χ1n) is 5.62. The highest BCUT2D eigenvalue weighted by Crippen LogP contribution is 2.24. The first-order chi connectivity index (χ1) is 7.79. The van der Waals surface area contributed by atoms with Gasteiger partial charge in [0, 0.05) is 6.42 Å². The number of allylic oxidation sites excluding steroid dienone is 2. The van der Waals surface area contributed by atoms with Gasteiger partial charge in [0.25, 0.3) is 0 Å². The summed E-state index contributed by atoms with van der Waals surface area (Å²) in [7, 11) is 3.95. The van der Waals surface area contributed by atoms with Crippen LogP contribution in [0.2, 0.25) is 0 Å². The molecule has 0 fully saturated rings. The number of nitrogens with one attached hydrogen (secondary N) is 2. The van der Waals surface area contributed by atoms with Crippen molar-refractivity contribution in [1.29, 1.82) is 0 Å². The molecule has 0 aromatic heterocycles. The zero-order valence-corrected chi connectivity index (χ0v) is 9.83. The van der Waals surface area contributed by atoms with Gasteiger partial charge >= 0.3 is 0 Å². The van der Waals surface area contributed by atoms with E-state index in [4.69, 9.17) is 0 Å². The molecule has 0 saturated heterocycles. The second-order valence-electron chi connectivity index (χ2n) is 4.03. The van der Waals surface area contributed by atoms with Crippen molar-refractivity contribution in [3.05, 3.63) is 54.1 Å². The summed E-state index contributed by atoms with van der Waals surface area (Å²) in [4.78, 5) is 0. The first-order valence-corrected chi connectivity index (χ1v) is 5.62. The van der Waals surface area contributed by atoms with Gasteiger partial charge in [-0.25, -0.2) is 0 Å². The van der Waals surface area contributed by atoms with Gasteiger partial charge in [0.15, 0.2) is 0 Å². The molecule has 0 spiro atoms. The third kappa shape index (κ3) is 2.08. The minimum absolute atomic E-state index is 0.0850. The monoisotopic (exact) mass is 214 g/mol. The molecule has 16 heavy (non-hydrogen) atoms. The van der Waals surface area contributed by atoms with Crippen LogP contribution in [0.5, 0.6) is 0 Å². The Kier molecular flexibility index (Phi) is 3.22. The molecule has 2 rings (SSSR count). The molecule has 0 unspecified atom stereocenters. The van der Waals surface area contributed by atoms with Crippen LogP contribution < -0.4 is 10.6 Å². The normalized spacial score (nSPS) is 18.2. The van der Waals surface area contributed by atoms with E-state index in [-0.39, 0.29) is 5.66 Å². The number of hydrogen-bond acceptors (Lipinski definition) is 2. The number of likely N-dealkylation sites (N-methyl/N-ethyl adjacent to an activating group) is 2. The maximum absolute atomic E-state index is 3.30. The topological polar surface area (TPSA) is 24.1 Å². The van der Waals surface area contributed by atoms with Crippen molar-refractivity contribution < 1.29 is 0 Å². The molecule has 1 aromatic rings. The van der Waals surface area contributed by atoms with Crippen LogP contribution in [-0.2, 0) is 0 Å². The SMILES string of the molecule is CNC1(NC)C=CC(c2ccccc2)=CC1. The second kappa shape index (κ2) is 4.64. The van der Waals surface area contributed by atoms with Gasteiger partial charge in [0.05, 0.1) is 5.66 Å². The molecule has 0 amide bonds. The van der Waals surface area contributed by atoms with E-state index in [0.717, 1.165) is 6.42 Å². The Labute approximate surface area is 97.1 Å². The standard InChI is InChI=1S/C14H18N2/c1-15-14(16-2)10-8-13(9-11-14)12-6-4-3-5-7-12/h3-10,15-16H,11H2,1-2H3. The van der Waals surface area contributed by atoms with Gasteiger partial charge in [-0.2, -0.15) is 0 Å². The summed E-state index contributed by atoms with van der Waals surface area (Å²) in [5.41, 5.74) is 2.49. The van der Waals surface area contributed by atoms with Crippen LogP contribution in [0.25, 0.3) is 5.57 Å². The Hall–Kier alpha value is -1.38. The van der Waals surface area contributed by atoms with E-state index < -0.39 is 0 Å². The second-order valence-corrected chi connectivity index (χ2v) is 4.03. The number of hydrogen-bond donors (Lipinski definition) is 2. The van der Waals surface area contributed by atoms with Gasteiger partial charge in [-0.15, -0.1) is 0 Å². The predicted octanol–water partition coefficient (Wildman–Crippen LogP) is 2.17. The molecule has 2 N–H and O–H groups in total. The number of benzene rings is 1. The summed E-state index contributed by atoms with van der Waals surface area (Å²) in [6.45, 7) is 0. The van der Waals surface area contributed by atoms with Gasteiger partial charge in [-0.1, -0.05) is 42.5 Å². The number of rotatable bonds is 3. The van der Waals surface area contributed by atoms with Gasteiger partial charge in [0.1, 0.15) is 0 Å². The van der Waals surface area contributed by atoms with Crippen LogP contribution in [0.15, 0.2) is 48.6 Å². The minimum atomic E-state index is -0.0850. The van der Waals surface area contributed by atoms with E-state index in [2.05, 4.69) is 53.1 Å². The highest BCUT2D eigenvalue weighted by molar-refractivity contribution is 5.75. The van der Waals surface area contributed by atoms with Crippen molar-refractivity contribution in [3.8, 4) is 0 Å². The van der Waals surface area contributed by atoms with Crippen LogP contribution in [-0.4, -0.2) is 19.8 Å². The summed E-state index contributed by atoms with van der Waals surface area (Å²) in [6, 6.07) is 10.5. The lowest BCUT2D eigenvalue weighted by molar-refractivity contribution is 0.377. The van der Waals surface area contributed by atoms with Crippen LogP contribution in [0.1, 0.15) is 12.0 Å². The lowest BCUT2D eigenvalue weighted by Crippen LogP contribution is -2.52. The van der Waals surface area contributed by atoms with E-state index in [0.29, 0.717) is 0 Å². The van der Waals surface area contributed by atoms with E-state index in [9.17, 15) is 0 Å². The molecule has 0 bridgehead atoms. The average molecular weight is 214 g/mol. The van der Waals surface area contributed by atoms with Crippen LogP contribution in [0.3, 0.4) is 0 Å². The lowest BCUT2D eigenvalue weighted by Gasteiger charge is -2.31. The molecule has 1 aliphatic carbocycles. The Morgan fingerprint density at radius 1 is 1.06 bits per heavy atom. The molecule has 0 radical (unpaired) electrons. The van der Waals surface area contributed by atoms with Crippen molar-refractivity contribution in [2.45, 2.75) is 12.1 Å². The van der Waals surface area contributed by atoms with E-state index in [1.165, 1.54) is 11.1 Å². The summed E-state index contributed by atoms with van der Waals surface area (Å²) < 4.78 is 0. The molecular weight excluding hydrogens is 196 g/mol. The zero-order chi connectivity index (χ0) is 11.4. The highest BCUT2D eigenvalue weighted by Gasteiger charge is 2.23. The van der Waals surface area contributed by atoms with E-state index >= 15 is 0 Å². The van der Waals surface area contributed by atoms with E-state index in [1.54, 1.807) is 0 Å². The van der Waals surface area contributed by atoms with Crippen molar-refractivity contribution in [2.75, 3.05) is 14.1 Å². The van der Waals surface area contributed by atoms with Gasteiger partial charge in [-0.3, -0.25) is 10.6 Å². The van der Waals surface area contributed by atoms with Crippen LogP contribution >= 0.6 is 0 Å². The Morgan fingerprint density at radius 3 is 2.25 bits per heavy atom. The summed E-state index contributed by atoms with van der Waals surface area (Å²) >= 11 is 0. The summed E-state index contributed by atoms with van der Waals surface area (Å²) in [6.07, 6.45) is 7.59. The smallest absolute Gasteiger partial charge is 0.0912 e. The summed E-state index contributed by atoms with van der Waals surface area (Å²) in [5.74, 6) is 0. The maximum atomic E-state index is 3.30. The van der Waals surface area contributed by atoms with Crippen molar-refractivity contribution in [1.82, 2.24) is 10.6 Å². The fourth-order valence-electron chi connectivity index (χ4n) is 1.98. The fraction of sp³-hybridized carbons (Fsp3) is 0.286. The molecule has 1 aliphatic rings. The molecule has 2 heteroatoms. The van der Waals surface area contributed by atoms with Crippen molar-refractivity contribution in [2.24, 2.45) is 0 Å². The quantitative estimate of drug-likeness (QED) is 0.753. The highest BCUT2D eigenvalue weighted by atomic mass is 15.2. The Balaban J connectivity index is 2.20. The lowest BCUT2D eigenvalue weighted by atomic mass is 9.93. The minimum Gasteiger partial charge on any atom is -0.299 e. The van der Waals surface area contributed by atoms with E-state index in [1.807, 2.05) is 20.2 Å². The van der Waals surface area contributed by atoms with Gasteiger partial charge < -0.3 is 0 Å². The average Bonchev–Trinajstić information content (AvgIpc) is 2.40. The van der Waals surface area contributed by atoms with Crippen molar-refractivity contribution >= 4 is 5.57 Å². The molecule has 0 heterocycles. The molecular formula is C14H18N2. The van der Waals surface area contributed by atoms with Gasteiger partial charge in [-0.05, 0) is 31.3 Å². The molecule has 2 nitrogen and oxygen atoms in total. The molecule has 0 saturated carbocycles. The zero-order valence-electron chi connectivity index (χ0n) is 9.83. The maximum Gasteiger partial charge on any atom is 0.0912 e. The Morgan fingerprint density at radius 2 is 1.75 bits per heavy atom. The molecule has 84 valence electrons. The predicted molar refractivity (Wildman–Crippen MR) is 69.0 cm³/mol. The molecule has 0 aliphatic heterocycles. The third-order valence-corrected chi connectivity index (χ3v) is 3.19. The Bertz CT molecular complexity index is 400. The largest absolute Gasteiger partial charge is 0.299 e. The van der Waals surface area contributed by atoms with Crippen molar-refractivity contribution in [3.63, 3.8) is 0 Å². The van der Waals surface area contributed by atoms with Gasteiger partial charge in [0.2, 0.25) is 0 Å². The van der Waals surface area contributed by atoms with Crippen LogP contribution in [0, 0.1) is 0 Å². The fourth-order valence-corrected chi connectivity index (χ4v) is 1.98.